The van der Waals surface area contributed by atoms with E-state index in [1.165, 1.54) is 22.3 Å². The average molecular weight is 460 g/mol. The Morgan fingerprint density at radius 2 is 1.87 bits per heavy atom. The van der Waals surface area contributed by atoms with E-state index in [0.717, 1.165) is 0 Å². The van der Waals surface area contributed by atoms with E-state index in [1.807, 2.05) is 0 Å². The zero-order chi connectivity index (χ0) is 21.3. The Balaban J connectivity index is 1.62. The van der Waals surface area contributed by atoms with Crippen LogP contribution in [0.2, 0.25) is 10.0 Å². The summed E-state index contributed by atoms with van der Waals surface area (Å²) in [6.07, 6.45) is -0.225. The van der Waals surface area contributed by atoms with Crippen molar-refractivity contribution in [2.24, 2.45) is 0 Å². The van der Waals surface area contributed by atoms with Crippen LogP contribution in [0.3, 0.4) is 0 Å². The van der Waals surface area contributed by atoms with Crippen LogP contribution < -0.4 is 15.5 Å². The molecule has 4 rings (SSSR count). The molecule has 0 aliphatic carbocycles. The number of hydrogen-bond acceptors (Lipinski definition) is 4. The number of fused-ring (bicyclic) bond motifs is 1. The molecule has 0 spiro atoms. The Bertz CT molecular complexity index is 1130. The SMILES string of the molecule is O=C(CC1C(=O)Nc2ccccc2N1C(=O)c1cccs1)Nc1ccc(Cl)c(Cl)c1. The predicted octanol–water partition coefficient (Wildman–Crippen LogP) is 5.05. The molecule has 0 saturated heterocycles. The average Bonchev–Trinajstić information content (AvgIpc) is 3.26. The van der Waals surface area contributed by atoms with Crippen molar-refractivity contribution in [3.63, 3.8) is 0 Å². The van der Waals surface area contributed by atoms with Crippen molar-refractivity contribution in [1.82, 2.24) is 0 Å². The Morgan fingerprint density at radius 3 is 2.60 bits per heavy atom. The van der Waals surface area contributed by atoms with Gasteiger partial charge in [0.25, 0.3) is 5.91 Å². The lowest BCUT2D eigenvalue weighted by Crippen LogP contribution is -2.52. The van der Waals surface area contributed by atoms with Crippen LogP contribution >= 0.6 is 34.5 Å². The summed E-state index contributed by atoms with van der Waals surface area (Å²) >= 11 is 13.2. The van der Waals surface area contributed by atoms with Gasteiger partial charge in [-0.2, -0.15) is 0 Å². The maximum Gasteiger partial charge on any atom is 0.269 e. The van der Waals surface area contributed by atoms with Crippen LogP contribution in [0.4, 0.5) is 17.1 Å². The van der Waals surface area contributed by atoms with E-state index in [2.05, 4.69) is 10.6 Å². The maximum absolute atomic E-state index is 13.2. The minimum Gasteiger partial charge on any atom is -0.326 e. The van der Waals surface area contributed by atoms with Crippen molar-refractivity contribution < 1.29 is 14.4 Å². The molecule has 2 heterocycles. The third kappa shape index (κ3) is 4.05. The van der Waals surface area contributed by atoms with Gasteiger partial charge in [0.2, 0.25) is 11.8 Å². The van der Waals surface area contributed by atoms with Crippen molar-refractivity contribution >= 4 is 69.3 Å². The van der Waals surface area contributed by atoms with E-state index in [0.29, 0.717) is 32.0 Å². The molecular weight excluding hydrogens is 445 g/mol. The van der Waals surface area contributed by atoms with Gasteiger partial charge in [-0.25, -0.2) is 0 Å². The number of amides is 3. The molecular formula is C21H15Cl2N3O3S. The van der Waals surface area contributed by atoms with Gasteiger partial charge < -0.3 is 10.6 Å². The van der Waals surface area contributed by atoms with Crippen molar-refractivity contribution in [3.8, 4) is 0 Å². The number of thiophene rings is 1. The minimum atomic E-state index is -1.00. The summed E-state index contributed by atoms with van der Waals surface area (Å²) in [7, 11) is 0. The highest BCUT2D eigenvalue weighted by Crippen LogP contribution is 2.35. The second-order valence-electron chi connectivity index (χ2n) is 6.56. The van der Waals surface area contributed by atoms with E-state index in [-0.39, 0.29) is 12.3 Å². The van der Waals surface area contributed by atoms with E-state index in [9.17, 15) is 14.4 Å². The molecule has 152 valence electrons. The maximum atomic E-state index is 13.2. The molecule has 1 aliphatic rings. The van der Waals surface area contributed by atoms with Crippen molar-refractivity contribution in [1.29, 1.82) is 0 Å². The molecule has 9 heteroatoms. The lowest BCUT2D eigenvalue weighted by molar-refractivity contribution is -0.122. The van der Waals surface area contributed by atoms with Crippen LogP contribution in [0.15, 0.2) is 60.0 Å². The van der Waals surface area contributed by atoms with E-state index in [4.69, 9.17) is 23.2 Å². The lowest BCUT2D eigenvalue weighted by Gasteiger charge is -2.36. The van der Waals surface area contributed by atoms with Crippen LogP contribution in [-0.4, -0.2) is 23.8 Å². The largest absolute Gasteiger partial charge is 0.326 e. The van der Waals surface area contributed by atoms with E-state index >= 15 is 0 Å². The molecule has 1 aliphatic heterocycles. The Labute approximate surface area is 186 Å². The Morgan fingerprint density at radius 1 is 1.07 bits per heavy atom. The molecule has 1 unspecified atom stereocenters. The number of benzene rings is 2. The van der Waals surface area contributed by atoms with Crippen molar-refractivity contribution in [2.75, 3.05) is 15.5 Å². The molecule has 30 heavy (non-hydrogen) atoms. The Hall–Kier alpha value is -2.87. The predicted molar refractivity (Wildman–Crippen MR) is 120 cm³/mol. The number of anilines is 3. The molecule has 0 radical (unpaired) electrons. The fourth-order valence-electron chi connectivity index (χ4n) is 3.21. The van der Waals surface area contributed by atoms with Crippen LogP contribution in [-0.2, 0) is 9.59 Å². The highest BCUT2D eigenvalue weighted by atomic mass is 35.5. The molecule has 2 N–H and O–H groups in total. The molecule has 2 aromatic carbocycles. The first-order valence-electron chi connectivity index (χ1n) is 8.96. The molecule has 1 aromatic heterocycles. The molecule has 0 saturated carbocycles. The zero-order valence-corrected chi connectivity index (χ0v) is 17.7. The van der Waals surface area contributed by atoms with Crippen molar-refractivity contribution in [3.05, 3.63) is 74.9 Å². The monoisotopic (exact) mass is 459 g/mol. The van der Waals surface area contributed by atoms with Crippen LogP contribution in [0.25, 0.3) is 0 Å². The quantitative estimate of drug-likeness (QED) is 0.572. The topological polar surface area (TPSA) is 78.5 Å². The molecule has 0 fully saturated rings. The number of nitrogens with one attached hydrogen (secondary N) is 2. The number of nitrogens with zero attached hydrogens (tertiary/aromatic N) is 1. The molecule has 3 aromatic rings. The highest BCUT2D eigenvalue weighted by molar-refractivity contribution is 7.12. The molecule has 0 bridgehead atoms. The number of carbonyl (C=O) groups excluding carboxylic acids is 3. The van der Waals surface area contributed by atoms with Crippen molar-refractivity contribution in [2.45, 2.75) is 12.5 Å². The van der Waals surface area contributed by atoms with Gasteiger partial charge in [0.15, 0.2) is 0 Å². The fourth-order valence-corrected chi connectivity index (χ4v) is 4.16. The smallest absolute Gasteiger partial charge is 0.269 e. The van der Waals surface area contributed by atoms with Gasteiger partial charge in [-0.3, -0.25) is 19.3 Å². The molecule has 1 atom stereocenters. The third-order valence-corrected chi connectivity index (χ3v) is 6.17. The van der Waals surface area contributed by atoms with Gasteiger partial charge in [-0.15, -0.1) is 11.3 Å². The summed E-state index contributed by atoms with van der Waals surface area (Å²) in [4.78, 5) is 40.6. The Kier molecular flexibility index (Phi) is 5.76. The molecule has 3 amide bonds. The van der Waals surface area contributed by atoms with Crippen LogP contribution in [0.5, 0.6) is 0 Å². The first kappa shape index (κ1) is 20.4. The number of hydrogen-bond donors (Lipinski definition) is 2. The van der Waals surface area contributed by atoms with Gasteiger partial charge in [-0.05, 0) is 41.8 Å². The van der Waals surface area contributed by atoms with E-state index < -0.39 is 17.9 Å². The standard InChI is InChI=1S/C21H15Cl2N3O3S/c22-13-8-7-12(10-14(13)23)24-19(27)11-17-20(28)25-15-4-1-2-5-16(15)26(17)21(29)18-6-3-9-30-18/h1-10,17H,11H2,(H,24,27)(H,25,28). The third-order valence-electron chi connectivity index (χ3n) is 4.57. The normalized spacial score (nSPS) is 15.3. The fraction of sp³-hybridized carbons (Fsp3) is 0.0952. The first-order chi connectivity index (χ1) is 14.4. The number of carbonyl (C=O) groups is 3. The van der Waals surface area contributed by atoms with Gasteiger partial charge in [0.05, 0.1) is 32.7 Å². The first-order valence-corrected chi connectivity index (χ1v) is 10.6. The lowest BCUT2D eigenvalue weighted by atomic mass is 10.0. The number of halogens is 2. The van der Waals surface area contributed by atoms with Gasteiger partial charge in [-0.1, -0.05) is 41.4 Å². The second-order valence-corrected chi connectivity index (χ2v) is 8.32. The summed E-state index contributed by atoms with van der Waals surface area (Å²) in [6.45, 7) is 0. The van der Waals surface area contributed by atoms with Gasteiger partial charge in [0.1, 0.15) is 6.04 Å². The van der Waals surface area contributed by atoms with Crippen LogP contribution in [0, 0.1) is 0 Å². The summed E-state index contributed by atoms with van der Waals surface area (Å²) in [5.41, 5.74) is 1.51. The van der Waals surface area contributed by atoms with E-state index in [1.54, 1.807) is 53.9 Å². The summed E-state index contributed by atoms with van der Waals surface area (Å²) < 4.78 is 0. The minimum absolute atomic E-state index is 0.225. The zero-order valence-electron chi connectivity index (χ0n) is 15.4. The van der Waals surface area contributed by atoms with Gasteiger partial charge in [0, 0.05) is 5.69 Å². The molecule has 6 nitrogen and oxygen atoms in total. The number of para-hydroxylation sites is 2. The number of rotatable bonds is 4. The van der Waals surface area contributed by atoms with Gasteiger partial charge >= 0.3 is 0 Å². The van der Waals surface area contributed by atoms with Crippen LogP contribution in [0.1, 0.15) is 16.1 Å². The second kappa shape index (κ2) is 8.47. The highest BCUT2D eigenvalue weighted by Gasteiger charge is 2.38. The summed E-state index contributed by atoms with van der Waals surface area (Å²) in [6, 6.07) is 14.1. The summed E-state index contributed by atoms with van der Waals surface area (Å²) in [5.74, 6) is -1.19. The summed E-state index contributed by atoms with van der Waals surface area (Å²) in [5, 5.41) is 7.93.